The Morgan fingerprint density at radius 3 is 2.61 bits per heavy atom. The van der Waals surface area contributed by atoms with E-state index in [1.165, 1.54) is 6.33 Å². The van der Waals surface area contributed by atoms with Gasteiger partial charge in [0.05, 0.1) is 23.6 Å². The minimum atomic E-state index is -4.64. The maximum absolute atomic E-state index is 10.3. The molecule has 14 nitrogen and oxygen atoms in total. The Kier molecular flexibility index (Phi) is 8.18. The molecule has 4 rings (SSSR count). The van der Waals surface area contributed by atoms with Crippen LogP contribution in [-0.4, -0.2) is 76.3 Å². The fraction of sp³-hybridized carbons (Fsp3) is 0.353. The van der Waals surface area contributed by atoms with Crippen molar-refractivity contribution < 1.29 is 38.9 Å². The SMILES string of the molecule is Nc1cc(CNc2ncnc3nc[nH]c23)ccc1Cl.O=P(O)(O)OC[C@H]1OC(O)[C@H](O)[C@@H]1O. The second-order valence-electron chi connectivity index (χ2n) is 6.87. The van der Waals surface area contributed by atoms with Crippen molar-refractivity contribution in [2.24, 2.45) is 0 Å². The molecule has 0 radical (unpaired) electrons. The van der Waals surface area contributed by atoms with Crippen molar-refractivity contribution in [1.29, 1.82) is 0 Å². The highest BCUT2D eigenvalue weighted by molar-refractivity contribution is 7.46. The lowest BCUT2D eigenvalue weighted by atomic mass is 10.1. The summed E-state index contributed by atoms with van der Waals surface area (Å²) in [6.07, 6.45) is -2.60. The number of anilines is 2. The minimum absolute atomic E-state index is 0.557. The first kappa shape index (κ1) is 25.2. The summed E-state index contributed by atoms with van der Waals surface area (Å²) in [5, 5.41) is 30.8. The summed E-state index contributed by atoms with van der Waals surface area (Å²) in [6, 6.07) is 5.53. The van der Waals surface area contributed by atoms with Crippen LogP contribution in [0.5, 0.6) is 0 Å². The van der Waals surface area contributed by atoms with Gasteiger partial charge in [0, 0.05) is 6.54 Å². The zero-order chi connectivity index (χ0) is 24.2. The number of ether oxygens (including phenoxy) is 1. The molecule has 1 fully saturated rings. The molecule has 3 aromatic rings. The molecule has 16 heteroatoms. The van der Waals surface area contributed by atoms with E-state index in [2.05, 4.69) is 34.5 Å². The predicted molar refractivity (Wildman–Crippen MR) is 116 cm³/mol. The standard InChI is InChI=1S/C12H11ClN6.C5H11O8P/c13-8-2-1-7(3-9(8)14)4-15-11-10-12(17-5-16-10)19-6-18-11;6-3-2(1-12-14(9,10)11)13-5(8)4(3)7/h1-3,5-6H,4,14H2,(H2,15,16,17,18,19);2-8H,1H2,(H2,9,10,11)/t;2-,3-,4-,5?/m.1/s1. The predicted octanol–water partition coefficient (Wildman–Crippen LogP) is -0.265. The van der Waals surface area contributed by atoms with Crippen molar-refractivity contribution in [2.75, 3.05) is 17.7 Å². The Morgan fingerprint density at radius 2 is 1.97 bits per heavy atom. The van der Waals surface area contributed by atoms with Crippen molar-refractivity contribution in [2.45, 2.75) is 31.1 Å². The number of phosphoric acid groups is 1. The van der Waals surface area contributed by atoms with Gasteiger partial charge in [-0.3, -0.25) is 4.52 Å². The smallest absolute Gasteiger partial charge is 0.398 e. The molecule has 180 valence electrons. The van der Waals surface area contributed by atoms with Crippen LogP contribution in [0, 0.1) is 0 Å². The van der Waals surface area contributed by atoms with Crippen molar-refractivity contribution in [3.63, 3.8) is 0 Å². The van der Waals surface area contributed by atoms with Gasteiger partial charge in [-0.2, -0.15) is 0 Å². The van der Waals surface area contributed by atoms with E-state index >= 15 is 0 Å². The maximum Gasteiger partial charge on any atom is 0.469 e. The largest absolute Gasteiger partial charge is 0.469 e. The van der Waals surface area contributed by atoms with Gasteiger partial charge in [-0.25, -0.2) is 19.5 Å². The first-order chi connectivity index (χ1) is 15.5. The highest BCUT2D eigenvalue weighted by Gasteiger charge is 2.42. The average Bonchev–Trinajstić information content (AvgIpc) is 3.34. The van der Waals surface area contributed by atoms with Gasteiger partial charge in [0.15, 0.2) is 17.8 Å². The van der Waals surface area contributed by atoms with Crippen LogP contribution >= 0.6 is 19.4 Å². The first-order valence-corrected chi connectivity index (χ1v) is 11.3. The lowest BCUT2D eigenvalue weighted by Gasteiger charge is -2.14. The van der Waals surface area contributed by atoms with Gasteiger partial charge < -0.3 is 45.9 Å². The van der Waals surface area contributed by atoms with Crippen LogP contribution in [0.15, 0.2) is 30.9 Å². The number of aromatic nitrogens is 4. The molecule has 4 atom stereocenters. The number of aliphatic hydroxyl groups is 3. The summed E-state index contributed by atoms with van der Waals surface area (Å²) in [5.41, 5.74) is 8.76. The van der Waals surface area contributed by atoms with Gasteiger partial charge in [0.2, 0.25) is 0 Å². The van der Waals surface area contributed by atoms with Crippen LogP contribution < -0.4 is 11.1 Å². The van der Waals surface area contributed by atoms with E-state index < -0.39 is 39.0 Å². The minimum Gasteiger partial charge on any atom is -0.398 e. The average molecular weight is 505 g/mol. The fourth-order valence-electron chi connectivity index (χ4n) is 2.83. The third-order valence-electron chi connectivity index (χ3n) is 4.49. The zero-order valence-corrected chi connectivity index (χ0v) is 18.5. The van der Waals surface area contributed by atoms with Gasteiger partial charge in [-0.1, -0.05) is 17.7 Å². The van der Waals surface area contributed by atoms with Gasteiger partial charge >= 0.3 is 7.82 Å². The van der Waals surface area contributed by atoms with Gasteiger partial charge in [0.1, 0.15) is 30.2 Å². The summed E-state index contributed by atoms with van der Waals surface area (Å²) in [5.74, 6) is 0.705. The summed E-state index contributed by atoms with van der Waals surface area (Å²) < 4.78 is 18.9. The molecule has 3 heterocycles. The number of aliphatic hydroxyl groups excluding tert-OH is 3. The second kappa shape index (κ2) is 10.7. The molecule has 1 saturated heterocycles. The van der Waals surface area contributed by atoms with Crippen molar-refractivity contribution in [3.05, 3.63) is 41.4 Å². The number of aromatic amines is 1. The van der Waals surface area contributed by atoms with Gasteiger partial charge in [-0.05, 0) is 17.7 Å². The number of hydrogen-bond donors (Lipinski definition) is 8. The highest BCUT2D eigenvalue weighted by atomic mass is 35.5. The second-order valence-corrected chi connectivity index (χ2v) is 8.51. The van der Waals surface area contributed by atoms with E-state index in [1.54, 1.807) is 12.4 Å². The van der Waals surface area contributed by atoms with E-state index in [9.17, 15) is 4.57 Å². The molecule has 0 aliphatic carbocycles. The molecule has 0 spiro atoms. The molecule has 9 N–H and O–H groups in total. The van der Waals surface area contributed by atoms with Crippen LogP contribution in [0.1, 0.15) is 5.56 Å². The molecule has 33 heavy (non-hydrogen) atoms. The highest BCUT2D eigenvalue weighted by Crippen LogP contribution is 2.37. The summed E-state index contributed by atoms with van der Waals surface area (Å²) >= 11 is 5.88. The van der Waals surface area contributed by atoms with E-state index in [0.717, 1.165) is 11.1 Å². The lowest BCUT2D eigenvalue weighted by molar-refractivity contribution is -0.132. The van der Waals surface area contributed by atoms with Crippen molar-refractivity contribution >= 4 is 42.1 Å². The maximum atomic E-state index is 10.3. The van der Waals surface area contributed by atoms with E-state index in [0.29, 0.717) is 28.7 Å². The number of hydrogen-bond acceptors (Lipinski definition) is 11. The number of benzene rings is 1. The number of nitrogens with one attached hydrogen (secondary N) is 2. The normalized spacial score (nSPS) is 22.7. The Hall–Kier alpha value is -2.39. The van der Waals surface area contributed by atoms with Crippen LogP contribution in [-0.2, 0) is 20.4 Å². The van der Waals surface area contributed by atoms with Crippen LogP contribution in [0.25, 0.3) is 11.2 Å². The molecule has 0 amide bonds. The Labute approximate surface area is 191 Å². The van der Waals surface area contributed by atoms with Gasteiger partial charge in [0.25, 0.3) is 0 Å². The zero-order valence-electron chi connectivity index (χ0n) is 16.8. The number of rotatable bonds is 6. The van der Waals surface area contributed by atoms with Gasteiger partial charge in [-0.15, -0.1) is 0 Å². The number of H-pyrrole nitrogens is 1. The third kappa shape index (κ3) is 6.80. The molecular formula is C17H22ClN6O8P. The number of nitrogen functional groups attached to an aromatic ring is 1. The number of nitrogens with two attached hydrogens (primary N) is 1. The summed E-state index contributed by atoms with van der Waals surface area (Å²) in [7, 11) is -4.64. The molecular weight excluding hydrogens is 483 g/mol. The summed E-state index contributed by atoms with van der Waals surface area (Å²) in [4.78, 5) is 32.0. The molecule has 1 aliphatic rings. The topological polar surface area (TPSA) is 229 Å². The van der Waals surface area contributed by atoms with Crippen LogP contribution in [0.4, 0.5) is 11.5 Å². The number of fused-ring (bicyclic) bond motifs is 1. The van der Waals surface area contributed by atoms with E-state index in [-0.39, 0.29) is 0 Å². The first-order valence-electron chi connectivity index (χ1n) is 9.36. The molecule has 0 bridgehead atoms. The fourth-order valence-corrected chi connectivity index (χ4v) is 3.28. The Morgan fingerprint density at radius 1 is 1.21 bits per heavy atom. The third-order valence-corrected chi connectivity index (χ3v) is 5.32. The van der Waals surface area contributed by atoms with Crippen LogP contribution in [0.3, 0.4) is 0 Å². The van der Waals surface area contributed by atoms with Crippen molar-refractivity contribution in [3.8, 4) is 0 Å². The Balaban J connectivity index is 0.000000196. The number of halogens is 1. The van der Waals surface area contributed by atoms with Crippen molar-refractivity contribution in [1.82, 2.24) is 19.9 Å². The number of imidazole rings is 1. The molecule has 2 aromatic heterocycles. The monoisotopic (exact) mass is 504 g/mol. The quantitative estimate of drug-likeness (QED) is 0.160. The van der Waals surface area contributed by atoms with E-state index in [4.69, 9.17) is 42.4 Å². The molecule has 1 aliphatic heterocycles. The number of nitrogens with zero attached hydrogens (tertiary/aromatic N) is 3. The summed E-state index contributed by atoms with van der Waals surface area (Å²) in [6.45, 7) is -0.0218. The molecule has 1 unspecified atom stereocenters. The molecule has 0 saturated carbocycles. The molecule has 1 aromatic carbocycles. The lowest BCUT2D eigenvalue weighted by Crippen LogP contribution is -2.34. The van der Waals surface area contributed by atoms with E-state index in [1.807, 2.05) is 12.1 Å². The number of phosphoric ester groups is 1. The Bertz CT molecular complexity index is 1130. The van der Waals surface area contributed by atoms with Crippen LogP contribution in [0.2, 0.25) is 5.02 Å².